The van der Waals surface area contributed by atoms with Gasteiger partial charge in [0.2, 0.25) is 0 Å². The zero-order valence-corrected chi connectivity index (χ0v) is 10.4. The molecular formula is C13H24N2. The molecule has 1 fully saturated rings. The van der Waals surface area contributed by atoms with Crippen molar-refractivity contribution in [3.8, 4) is 6.07 Å². The van der Waals surface area contributed by atoms with Crippen molar-refractivity contribution in [3.05, 3.63) is 0 Å². The number of nitrogens with zero attached hydrogens (tertiary/aromatic N) is 2. The summed E-state index contributed by atoms with van der Waals surface area (Å²) >= 11 is 0. The summed E-state index contributed by atoms with van der Waals surface area (Å²) < 4.78 is 0. The van der Waals surface area contributed by atoms with Gasteiger partial charge in [0.1, 0.15) is 0 Å². The molecule has 0 radical (unpaired) electrons. The van der Waals surface area contributed by atoms with Crippen molar-refractivity contribution in [1.29, 1.82) is 5.26 Å². The SMILES string of the molecule is CN(CCCCC(C)(C)C#N)C1CCC1. The molecular weight excluding hydrogens is 184 g/mol. The Bertz CT molecular complexity index is 223. The third-order valence-corrected chi connectivity index (χ3v) is 3.56. The van der Waals surface area contributed by atoms with E-state index in [2.05, 4.69) is 18.0 Å². The van der Waals surface area contributed by atoms with Crippen LogP contribution in [0.3, 0.4) is 0 Å². The second-order valence-corrected chi connectivity index (χ2v) is 5.52. The first-order valence-electron chi connectivity index (χ1n) is 6.17. The highest BCUT2D eigenvalue weighted by molar-refractivity contribution is 4.91. The summed E-state index contributed by atoms with van der Waals surface area (Å²) in [4.78, 5) is 2.49. The van der Waals surface area contributed by atoms with Gasteiger partial charge >= 0.3 is 0 Å². The Morgan fingerprint density at radius 3 is 2.47 bits per heavy atom. The molecule has 0 N–H and O–H groups in total. The quantitative estimate of drug-likeness (QED) is 0.627. The smallest absolute Gasteiger partial charge is 0.0683 e. The Kier molecular flexibility index (Phi) is 4.60. The third kappa shape index (κ3) is 4.22. The number of nitriles is 1. The average Bonchev–Trinajstić information content (AvgIpc) is 2.10. The molecule has 0 aliphatic heterocycles. The van der Waals surface area contributed by atoms with Crippen LogP contribution < -0.4 is 0 Å². The summed E-state index contributed by atoms with van der Waals surface area (Å²) in [6.07, 6.45) is 7.63. The van der Waals surface area contributed by atoms with E-state index in [0.29, 0.717) is 0 Å². The minimum atomic E-state index is -0.130. The molecule has 0 aromatic rings. The summed E-state index contributed by atoms with van der Waals surface area (Å²) in [6, 6.07) is 3.22. The highest BCUT2D eigenvalue weighted by Crippen LogP contribution is 2.25. The van der Waals surface area contributed by atoms with E-state index < -0.39 is 0 Å². The van der Waals surface area contributed by atoms with Crippen LogP contribution in [0.25, 0.3) is 0 Å². The van der Waals surface area contributed by atoms with Crippen molar-refractivity contribution in [2.75, 3.05) is 13.6 Å². The second-order valence-electron chi connectivity index (χ2n) is 5.52. The molecule has 0 aromatic carbocycles. The first kappa shape index (κ1) is 12.5. The molecule has 0 atom stereocenters. The lowest BCUT2D eigenvalue weighted by molar-refractivity contribution is 0.156. The van der Waals surface area contributed by atoms with Crippen LogP contribution in [-0.2, 0) is 0 Å². The van der Waals surface area contributed by atoms with Gasteiger partial charge in [0.25, 0.3) is 0 Å². The standard InChI is InChI=1S/C13H24N2/c1-13(2,11-14)9-4-5-10-15(3)12-7-6-8-12/h12H,4-10H2,1-3H3. The van der Waals surface area contributed by atoms with Crippen LogP contribution in [0, 0.1) is 16.7 Å². The van der Waals surface area contributed by atoms with Gasteiger partial charge in [-0.25, -0.2) is 0 Å². The van der Waals surface area contributed by atoms with E-state index in [1.54, 1.807) is 0 Å². The van der Waals surface area contributed by atoms with Gasteiger partial charge in [-0.3, -0.25) is 0 Å². The Labute approximate surface area is 94.3 Å². The molecule has 0 bridgehead atoms. The van der Waals surface area contributed by atoms with E-state index in [1.165, 1.54) is 38.6 Å². The molecule has 15 heavy (non-hydrogen) atoms. The first-order valence-corrected chi connectivity index (χ1v) is 6.17. The van der Waals surface area contributed by atoms with Gasteiger partial charge in [0.05, 0.1) is 11.5 Å². The van der Waals surface area contributed by atoms with E-state index >= 15 is 0 Å². The molecule has 1 aliphatic carbocycles. The number of hydrogen-bond acceptors (Lipinski definition) is 2. The van der Waals surface area contributed by atoms with Gasteiger partial charge in [-0.2, -0.15) is 5.26 Å². The van der Waals surface area contributed by atoms with Gasteiger partial charge in [-0.15, -0.1) is 0 Å². The highest BCUT2D eigenvalue weighted by Gasteiger charge is 2.21. The fraction of sp³-hybridized carbons (Fsp3) is 0.923. The van der Waals surface area contributed by atoms with Crippen LogP contribution >= 0.6 is 0 Å². The van der Waals surface area contributed by atoms with Gasteiger partial charge in [0, 0.05) is 6.04 Å². The summed E-state index contributed by atoms with van der Waals surface area (Å²) in [7, 11) is 2.24. The third-order valence-electron chi connectivity index (χ3n) is 3.56. The lowest BCUT2D eigenvalue weighted by Gasteiger charge is -2.34. The van der Waals surface area contributed by atoms with Crippen LogP contribution in [0.2, 0.25) is 0 Å². The largest absolute Gasteiger partial charge is 0.303 e. The number of hydrogen-bond donors (Lipinski definition) is 0. The Morgan fingerprint density at radius 2 is 2.00 bits per heavy atom. The van der Waals surface area contributed by atoms with E-state index in [0.717, 1.165) is 12.5 Å². The highest BCUT2D eigenvalue weighted by atomic mass is 15.1. The maximum Gasteiger partial charge on any atom is 0.0683 e. The molecule has 1 aliphatic rings. The van der Waals surface area contributed by atoms with Crippen molar-refractivity contribution in [3.63, 3.8) is 0 Å². The maximum absolute atomic E-state index is 8.88. The van der Waals surface area contributed by atoms with Crippen LogP contribution in [-0.4, -0.2) is 24.5 Å². The molecule has 2 nitrogen and oxygen atoms in total. The van der Waals surface area contributed by atoms with E-state index in [9.17, 15) is 0 Å². The van der Waals surface area contributed by atoms with Crippen molar-refractivity contribution >= 4 is 0 Å². The summed E-state index contributed by atoms with van der Waals surface area (Å²) in [5.74, 6) is 0. The molecule has 0 amide bonds. The molecule has 0 unspecified atom stereocenters. The van der Waals surface area contributed by atoms with Gasteiger partial charge < -0.3 is 4.90 Å². The normalized spacial score (nSPS) is 17.5. The molecule has 1 rings (SSSR count). The van der Waals surface area contributed by atoms with Crippen LogP contribution in [0.1, 0.15) is 52.4 Å². The molecule has 0 heterocycles. The van der Waals surface area contributed by atoms with Crippen LogP contribution in [0.5, 0.6) is 0 Å². The van der Waals surface area contributed by atoms with Crippen molar-refractivity contribution in [1.82, 2.24) is 4.90 Å². The minimum Gasteiger partial charge on any atom is -0.303 e. The monoisotopic (exact) mass is 208 g/mol. The predicted molar refractivity (Wildman–Crippen MR) is 63.5 cm³/mol. The van der Waals surface area contributed by atoms with E-state index in [-0.39, 0.29) is 5.41 Å². The molecule has 0 aromatic heterocycles. The Morgan fingerprint density at radius 1 is 1.33 bits per heavy atom. The zero-order chi connectivity index (χ0) is 11.3. The number of unbranched alkanes of at least 4 members (excludes halogenated alkanes) is 1. The average molecular weight is 208 g/mol. The molecule has 1 saturated carbocycles. The Balaban J connectivity index is 2.04. The fourth-order valence-electron chi connectivity index (χ4n) is 1.99. The van der Waals surface area contributed by atoms with Gasteiger partial charge in [0.15, 0.2) is 0 Å². The summed E-state index contributed by atoms with van der Waals surface area (Å²) in [5, 5.41) is 8.88. The van der Waals surface area contributed by atoms with Crippen molar-refractivity contribution in [2.24, 2.45) is 5.41 Å². The second kappa shape index (κ2) is 5.51. The van der Waals surface area contributed by atoms with Crippen molar-refractivity contribution in [2.45, 2.75) is 58.4 Å². The number of rotatable bonds is 6. The Hall–Kier alpha value is -0.550. The first-order chi connectivity index (χ1) is 7.05. The molecule has 2 heteroatoms. The van der Waals surface area contributed by atoms with Crippen LogP contribution in [0.15, 0.2) is 0 Å². The van der Waals surface area contributed by atoms with Gasteiger partial charge in [-0.05, 0) is 53.1 Å². The topological polar surface area (TPSA) is 27.0 Å². The van der Waals surface area contributed by atoms with Gasteiger partial charge in [-0.1, -0.05) is 12.8 Å². The van der Waals surface area contributed by atoms with E-state index in [1.807, 2.05) is 13.8 Å². The predicted octanol–water partition coefficient (Wildman–Crippen LogP) is 3.19. The zero-order valence-electron chi connectivity index (χ0n) is 10.4. The fourth-order valence-corrected chi connectivity index (χ4v) is 1.99. The lowest BCUT2D eigenvalue weighted by atomic mass is 9.88. The maximum atomic E-state index is 8.88. The minimum absolute atomic E-state index is 0.130. The summed E-state index contributed by atoms with van der Waals surface area (Å²) in [5.41, 5.74) is -0.130. The van der Waals surface area contributed by atoms with Crippen LogP contribution in [0.4, 0.5) is 0 Å². The van der Waals surface area contributed by atoms with E-state index in [4.69, 9.17) is 5.26 Å². The molecule has 86 valence electrons. The molecule has 0 saturated heterocycles. The van der Waals surface area contributed by atoms with Crippen molar-refractivity contribution < 1.29 is 0 Å². The molecule has 0 spiro atoms. The lowest BCUT2D eigenvalue weighted by Crippen LogP contribution is -2.37. The summed E-state index contributed by atoms with van der Waals surface area (Å²) in [6.45, 7) is 5.26.